The van der Waals surface area contributed by atoms with Crippen LogP contribution in [-0.4, -0.2) is 0 Å². The van der Waals surface area contributed by atoms with Gasteiger partial charge < -0.3 is 1.43 Å². The van der Waals surface area contributed by atoms with Crippen molar-refractivity contribution in [3.8, 4) is 0 Å². The molecular formula is C18H50FK. The molecule has 0 aliphatic rings. The topological polar surface area (TPSA) is 0 Å². The fourth-order valence-electron chi connectivity index (χ4n) is 0. The van der Waals surface area contributed by atoms with Gasteiger partial charge in [-0.25, -0.2) is 0 Å². The molecule has 0 aromatic heterocycles. The maximum absolute atomic E-state index is 2.19. The second kappa shape index (κ2) is 32.5. The molecule has 0 unspecified atom stereocenters. The first kappa shape index (κ1) is 43.0. The van der Waals surface area contributed by atoms with Crippen LogP contribution < -0.4 is 51.4 Å². The fourth-order valence-corrected chi connectivity index (χ4v) is 0. The summed E-state index contributed by atoms with van der Waals surface area (Å²) in [7, 11) is 0. The van der Waals surface area contributed by atoms with Crippen LogP contribution in [0, 0.1) is 10.8 Å². The predicted molar refractivity (Wildman–Crippen MR) is 99.3 cm³/mol. The fraction of sp³-hybridized carbons (Fsp3) is 1.00. The van der Waals surface area contributed by atoms with Crippen molar-refractivity contribution in [1.82, 2.24) is 0 Å². The van der Waals surface area contributed by atoms with Gasteiger partial charge in [-0.2, -0.15) is 0 Å². The Labute approximate surface area is 178 Å². The third-order valence-corrected chi connectivity index (χ3v) is 0.500. The maximum Gasteiger partial charge on any atom is 1.00 e. The van der Waals surface area contributed by atoms with Crippen LogP contribution in [-0.2, 0) is 0 Å². The van der Waals surface area contributed by atoms with Crippen molar-refractivity contribution >= 4 is 0 Å². The number of hydrogen-bond donors (Lipinski definition) is 0. The minimum atomic E-state index is 0. The molecule has 20 heavy (non-hydrogen) atoms. The predicted octanol–water partition coefficient (Wildman–Crippen LogP) is 5.48. The molecular weight excluding hydrogens is 274 g/mol. The second-order valence-electron chi connectivity index (χ2n) is 7.00. The van der Waals surface area contributed by atoms with E-state index in [4.69, 9.17) is 0 Å². The van der Waals surface area contributed by atoms with Crippen molar-refractivity contribution in [2.24, 2.45) is 10.8 Å². The van der Waals surface area contributed by atoms with Gasteiger partial charge in [-0.1, -0.05) is 110 Å². The van der Waals surface area contributed by atoms with E-state index < -0.39 is 0 Å². The average molecular weight is 325 g/mol. The molecule has 130 valence electrons. The smallest absolute Gasteiger partial charge is 1.00 e. The van der Waals surface area contributed by atoms with Gasteiger partial charge >= 0.3 is 51.4 Å². The Morgan fingerprint density at radius 2 is 0.650 bits per heavy atom. The van der Waals surface area contributed by atoms with Crippen molar-refractivity contribution in [3.05, 3.63) is 0 Å². The number of rotatable bonds is 1. The van der Waals surface area contributed by atoms with E-state index in [1.54, 1.807) is 0 Å². The standard InChI is InChI=1S/2C5H12.C4H10.2C2H6.FH.K.H2.H/c2*1-5(2,3)4;1-3-4-2;2*1-2;;;;/h2*1-4H3;3-4H2,1-2H3;2*1-2H3;1H;;1H;/q;;;;;;+1;;-1. The Kier molecular flexibility index (Phi) is 69.8. The minimum absolute atomic E-state index is 0. The minimum Gasteiger partial charge on any atom is -1.00 e. The molecule has 0 aliphatic carbocycles. The van der Waals surface area contributed by atoms with Gasteiger partial charge in [0.2, 0.25) is 0 Å². The summed E-state index contributed by atoms with van der Waals surface area (Å²) in [5, 5.41) is 0. The monoisotopic (exact) mass is 324 g/mol. The largest absolute Gasteiger partial charge is 1.00 e. The molecule has 0 saturated heterocycles. The summed E-state index contributed by atoms with van der Waals surface area (Å²) in [5.74, 6) is 0. The molecule has 0 radical (unpaired) electrons. The van der Waals surface area contributed by atoms with E-state index in [1.807, 2.05) is 27.7 Å². The molecule has 0 bridgehead atoms. The summed E-state index contributed by atoms with van der Waals surface area (Å²) in [6.07, 6.45) is 2.64. The average Bonchev–Trinajstić information content (AvgIpc) is 2.18. The third-order valence-electron chi connectivity index (χ3n) is 0.500. The van der Waals surface area contributed by atoms with Crippen molar-refractivity contribution in [2.45, 2.75) is 110 Å². The molecule has 0 N–H and O–H groups in total. The Hall–Kier alpha value is 1.57. The van der Waals surface area contributed by atoms with E-state index in [9.17, 15) is 0 Å². The van der Waals surface area contributed by atoms with Gasteiger partial charge in [0, 0.05) is 1.43 Å². The summed E-state index contributed by atoms with van der Waals surface area (Å²) < 4.78 is 0. The Morgan fingerprint density at radius 3 is 0.650 bits per heavy atom. The quantitative estimate of drug-likeness (QED) is 0.560. The zero-order valence-corrected chi connectivity index (χ0v) is 20.9. The van der Waals surface area contributed by atoms with Crippen LogP contribution in [0.3, 0.4) is 0 Å². The molecule has 0 saturated carbocycles. The molecule has 0 fully saturated rings. The van der Waals surface area contributed by atoms with E-state index in [-0.39, 0.29) is 58.9 Å². The molecule has 0 aromatic carbocycles. The zero-order chi connectivity index (χ0) is 16.4. The van der Waals surface area contributed by atoms with Crippen LogP contribution in [0.25, 0.3) is 0 Å². The number of halogens is 1. The van der Waals surface area contributed by atoms with Crippen molar-refractivity contribution in [3.63, 3.8) is 0 Å². The normalized spacial score (nSPS) is 8.10. The summed E-state index contributed by atoms with van der Waals surface area (Å²) >= 11 is 0. The molecule has 0 atom stereocenters. The van der Waals surface area contributed by atoms with E-state index in [1.165, 1.54) is 12.8 Å². The molecule has 0 aromatic rings. The van der Waals surface area contributed by atoms with Gasteiger partial charge in [-0.05, 0) is 10.8 Å². The molecule has 0 rings (SSSR count). The van der Waals surface area contributed by atoms with Crippen molar-refractivity contribution in [1.29, 1.82) is 0 Å². The molecule has 2 heteroatoms. The van der Waals surface area contributed by atoms with E-state index in [2.05, 4.69) is 69.2 Å². The van der Waals surface area contributed by atoms with Gasteiger partial charge in [0.1, 0.15) is 0 Å². The van der Waals surface area contributed by atoms with Crippen LogP contribution in [0.5, 0.6) is 0 Å². The third kappa shape index (κ3) is 1020. The Morgan fingerprint density at radius 1 is 0.600 bits per heavy atom. The van der Waals surface area contributed by atoms with Gasteiger partial charge in [0.05, 0.1) is 0 Å². The van der Waals surface area contributed by atoms with E-state index in [0.29, 0.717) is 10.8 Å². The van der Waals surface area contributed by atoms with Crippen LogP contribution >= 0.6 is 0 Å². The first-order valence-corrected chi connectivity index (χ1v) is 7.91. The first-order chi connectivity index (χ1) is 7.91. The molecule has 0 amide bonds. The van der Waals surface area contributed by atoms with Crippen LogP contribution in [0.2, 0.25) is 0 Å². The second-order valence-corrected chi connectivity index (χ2v) is 7.00. The van der Waals surface area contributed by atoms with Gasteiger partial charge in [0.15, 0.2) is 0 Å². The summed E-state index contributed by atoms with van der Waals surface area (Å²) in [6.45, 7) is 29.9. The summed E-state index contributed by atoms with van der Waals surface area (Å²) in [4.78, 5) is 0. The molecule has 0 spiro atoms. The van der Waals surface area contributed by atoms with Crippen LogP contribution in [0.4, 0.5) is 4.70 Å². The van der Waals surface area contributed by atoms with Crippen molar-refractivity contribution < 1.29 is 58.9 Å². The summed E-state index contributed by atoms with van der Waals surface area (Å²) in [5.41, 5.74) is 1.00. The van der Waals surface area contributed by atoms with Gasteiger partial charge in [0.25, 0.3) is 0 Å². The Bertz CT molecular complexity index is 82.6. The zero-order valence-electron chi connectivity index (χ0n) is 18.8. The van der Waals surface area contributed by atoms with E-state index in [0.717, 1.165) is 0 Å². The van der Waals surface area contributed by atoms with E-state index >= 15 is 0 Å². The van der Waals surface area contributed by atoms with Crippen LogP contribution in [0.15, 0.2) is 0 Å². The van der Waals surface area contributed by atoms with Gasteiger partial charge in [-0.15, -0.1) is 0 Å². The summed E-state index contributed by atoms with van der Waals surface area (Å²) in [6, 6.07) is 0. The maximum atomic E-state index is 2.19. The van der Waals surface area contributed by atoms with Crippen LogP contribution in [0.1, 0.15) is 113 Å². The number of hydrogen-bond acceptors (Lipinski definition) is 0. The number of unbranched alkanes of at least 4 members (excludes halogenated alkanes) is 1. The van der Waals surface area contributed by atoms with Gasteiger partial charge in [-0.3, -0.25) is 4.70 Å². The Balaban J connectivity index is -0.0000000137. The molecule has 0 nitrogen and oxygen atoms in total. The molecule has 0 heterocycles. The first-order valence-electron chi connectivity index (χ1n) is 7.91. The SMILES string of the molecule is CC.CC.CC(C)(C)C.CC(C)(C)C.CCCC.F.[H-].[HH].[K+]. The molecule has 0 aliphatic heterocycles. The van der Waals surface area contributed by atoms with Crippen molar-refractivity contribution in [2.75, 3.05) is 0 Å².